The van der Waals surface area contributed by atoms with Crippen LogP contribution in [0.3, 0.4) is 0 Å². The molecular weight excluding hydrogens is 371 g/mol. The molecule has 1 aliphatic heterocycles. The van der Waals surface area contributed by atoms with Gasteiger partial charge in [0.1, 0.15) is 0 Å². The summed E-state index contributed by atoms with van der Waals surface area (Å²) in [6.45, 7) is 1.78. The third-order valence-corrected chi connectivity index (χ3v) is 5.67. The number of hydrogen-bond donors (Lipinski definition) is 4. The maximum Gasteiger partial charge on any atom is 0.355 e. The van der Waals surface area contributed by atoms with Gasteiger partial charge in [0, 0.05) is 39.8 Å². The van der Waals surface area contributed by atoms with Crippen LogP contribution < -0.4 is 21.9 Å². The van der Waals surface area contributed by atoms with Crippen LogP contribution in [-0.2, 0) is 4.79 Å². The first kappa shape index (κ1) is 19.1. The summed E-state index contributed by atoms with van der Waals surface area (Å²) in [6, 6.07) is 5.54. The first-order chi connectivity index (χ1) is 11.4. The van der Waals surface area contributed by atoms with Crippen molar-refractivity contribution in [1.29, 1.82) is 0 Å². The number of carbonyl (C=O) groups is 1. The first-order valence-corrected chi connectivity index (χ1v) is 9.22. The minimum absolute atomic E-state index is 0.145. The Hall–Kier alpha value is -1.28. The quantitative estimate of drug-likeness (QED) is 0.335. The third kappa shape index (κ3) is 5.11. The van der Waals surface area contributed by atoms with Crippen LogP contribution in [0.5, 0.6) is 0 Å². The molecule has 1 aromatic rings. The second-order valence-electron chi connectivity index (χ2n) is 5.47. The molecule has 0 radical (unpaired) electrons. The van der Waals surface area contributed by atoms with Crippen LogP contribution in [-0.4, -0.2) is 35.2 Å². The van der Waals surface area contributed by atoms with Crippen LogP contribution in [0.1, 0.15) is 12.8 Å². The molecule has 6 nitrogen and oxygen atoms in total. The SMILES string of the molecule is NN/C(C(=O)O)=C(\N)CSC1CCN(c2cc(Cl)cc(Cl)c2)CC1. The Morgan fingerprint density at radius 2 is 1.88 bits per heavy atom. The van der Waals surface area contributed by atoms with Crippen LogP contribution in [0.4, 0.5) is 5.69 Å². The number of rotatable bonds is 6. The summed E-state index contributed by atoms with van der Waals surface area (Å²) in [4.78, 5) is 13.2. The number of hydrazine groups is 1. The molecule has 0 spiro atoms. The number of nitrogens with two attached hydrogens (primary N) is 2. The number of halogens is 2. The van der Waals surface area contributed by atoms with E-state index < -0.39 is 5.97 Å². The fraction of sp³-hybridized carbons (Fsp3) is 0.400. The maximum absolute atomic E-state index is 11.0. The van der Waals surface area contributed by atoms with Gasteiger partial charge in [0.05, 0.1) is 5.70 Å². The summed E-state index contributed by atoms with van der Waals surface area (Å²) < 4.78 is 0. The molecule has 1 saturated heterocycles. The second-order valence-corrected chi connectivity index (χ2v) is 7.64. The number of aliphatic carboxylic acids is 1. The lowest BCUT2D eigenvalue weighted by Crippen LogP contribution is -2.35. The van der Waals surface area contributed by atoms with Crippen molar-refractivity contribution in [2.75, 3.05) is 23.7 Å². The third-order valence-electron chi connectivity index (χ3n) is 3.81. The largest absolute Gasteiger partial charge is 0.476 e. The highest BCUT2D eigenvalue weighted by Crippen LogP contribution is 2.30. The summed E-state index contributed by atoms with van der Waals surface area (Å²) in [7, 11) is 0. The lowest BCUT2D eigenvalue weighted by atomic mass is 10.1. The lowest BCUT2D eigenvalue weighted by molar-refractivity contribution is -0.133. The van der Waals surface area contributed by atoms with E-state index in [1.165, 1.54) is 0 Å². The Balaban J connectivity index is 1.88. The van der Waals surface area contributed by atoms with E-state index in [0.717, 1.165) is 31.6 Å². The predicted octanol–water partition coefficient (Wildman–Crippen LogP) is 2.41. The predicted molar refractivity (Wildman–Crippen MR) is 100 cm³/mol. The van der Waals surface area contributed by atoms with E-state index in [0.29, 0.717) is 21.0 Å². The van der Waals surface area contributed by atoms with Crippen molar-refractivity contribution in [3.05, 3.63) is 39.6 Å². The van der Waals surface area contributed by atoms with Crippen LogP contribution in [0.2, 0.25) is 10.0 Å². The van der Waals surface area contributed by atoms with Crippen molar-refractivity contribution in [2.45, 2.75) is 18.1 Å². The monoisotopic (exact) mass is 390 g/mol. The van der Waals surface area contributed by atoms with E-state index in [-0.39, 0.29) is 11.4 Å². The molecule has 1 aromatic carbocycles. The van der Waals surface area contributed by atoms with Crippen molar-refractivity contribution >= 4 is 46.6 Å². The van der Waals surface area contributed by atoms with Gasteiger partial charge in [0.2, 0.25) is 0 Å². The Kier molecular flexibility index (Phi) is 6.91. The zero-order chi connectivity index (χ0) is 17.7. The number of nitrogens with one attached hydrogen (secondary N) is 1. The topological polar surface area (TPSA) is 105 Å². The standard InChI is InChI=1S/C15H20Cl2N4O2S/c16-9-5-10(17)7-11(6-9)21-3-1-12(2-4-21)24-8-13(18)14(20-19)15(22)23/h5-7,12,20H,1-4,8,18-19H2,(H,22,23)/b14-13-. The van der Waals surface area contributed by atoms with Gasteiger partial charge in [0.15, 0.2) is 5.70 Å². The number of hydrogen-bond acceptors (Lipinski definition) is 6. The normalized spacial score (nSPS) is 16.7. The van der Waals surface area contributed by atoms with Crippen molar-refractivity contribution in [2.24, 2.45) is 11.6 Å². The highest BCUT2D eigenvalue weighted by atomic mass is 35.5. The zero-order valence-corrected chi connectivity index (χ0v) is 15.3. The van der Waals surface area contributed by atoms with Crippen LogP contribution >= 0.6 is 35.0 Å². The van der Waals surface area contributed by atoms with Crippen molar-refractivity contribution < 1.29 is 9.90 Å². The second kappa shape index (κ2) is 8.71. The molecule has 0 atom stereocenters. The Labute approximate surface area is 155 Å². The van der Waals surface area contributed by atoms with Crippen molar-refractivity contribution in [3.63, 3.8) is 0 Å². The zero-order valence-electron chi connectivity index (χ0n) is 13.0. The molecule has 2 rings (SSSR count). The molecule has 0 unspecified atom stereocenters. The van der Waals surface area contributed by atoms with Crippen LogP contribution in [0.25, 0.3) is 0 Å². The first-order valence-electron chi connectivity index (χ1n) is 7.42. The highest BCUT2D eigenvalue weighted by molar-refractivity contribution is 8.00. The van der Waals surface area contributed by atoms with Crippen LogP contribution in [0.15, 0.2) is 29.6 Å². The number of piperidine rings is 1. The van der Waals surface area contributed by atoms with Gasteiger partial charge in [-0.05, 0) is 31.0 Å². The van der Waals surface area contributed by atoms with E-state index in [9.17, 15) is 4.79 Å². The van der Waals surface area contributed by atoms with Gasteiger partial charge in [-0.25, -0.2) is 4.79 Å². The van der Waals surface area contributed by atoms with E-state index >= 15 is 0 Å². The Morgan fingerprint density at radius 1 is 1.29 bits per heavy atom. The molecule has 9 heteroatoms. The van der Waals surface area contributed by atoms with Crippen molar-refractivity contribution in [3.8, 4) is 0 Å². The number of benzene rings is 1. The van der Waals surface area contributed by atoms with E-state index in [4.69, 9.17) is 39.9 Å². The van der Waals surface area contributed by atoms with Crippen molar-refractivity contribution in [1.82, 2.24) is 5.43 Å². The highest BCUT2D eigenvalue weighted by Gasteiger charge is 2.21. The summed E-state index contributed by atoms with van der Waals surface area (Å²) in [5.41, 5.74) is 9.06. The fourth-order valence-electron chi connectivity index (χ4n) is 2.57. The molecule has 24 heavy (non-hydrogen) atoms. The van der Waals surface area contributed by atoms with E-state index in [1.54, 1.807) is 17.8 Å². The number of thioether (sulfide) groups is 1. The number of anilines is 1. The number of carboxylic acid groups (broad SMARTS) is 1. The molecule has 0 amide bonds. The molecule has 1 aliphatic rings. The summed E-state index contributed by atoms with van der Waals surface area (Å²) in [5, 5.41) is 10.6. The smallest absolute Gasteiger partial charge is 0.355 e. The molecule has 0 saturated carbocycles. The van der Waals surface area contributed by atoms with Gasteiger partial charge in [-0.15, -0.1) is 0 Å². The average molecular weight is 391 g/mol. The van der Waals surface area contributed by atoms with E-state index in [2.05, 4.69) is 10.3 Å². The lowest BCUT2D eigenvalue weighted by Gasteiger charge is -2.33. The molecular formula is C15H20Cl2N4O2S. The molecule has 0 bridgehead atoms. The molecule has 132 valence electrons. The van der Waals surface area contributed by atoms with Gasteiger partial charge < -0.3 is 21.2 Å². The Bertz CT molecular complexity index is 614. The van der Waals surface area contributed by atoms with E-state index in [1.807, 2.05) is 12.1 Å². The molecule has 0 aliphatic carbocycles. The summed E-state index contributed by atoms with van der Waals surface area (Å²) >= 11 is 13.8. The van der Waals surface area contributed by atoms with Gasteiger partial charge in [-0.1, -0.05) is 23.2 Å². The number of nitrogens with zero attached hydrogens (tertiary/aromatic N) is 1. The number of carboxylic acids is 1. The minimum Gasteiger partial charge on any atom is -0.476 e. The minimum atomic E-state index is -1.15. The molecule has 1 heterocycles. The molecule has 1 fully saturated rings. The van der Waals surface area contributed by atoms with Crippen LogP contribution in [0, 0.1) is 0 Å². The van der Waals surface area contributed by atoms with Gasteiger partial charge in [-0.2, -0.15) is 11.8 Å². The Morgan fingerprint density at radius 3 is 2.38 bits per heavy atom. The summed E-state index contributed by atoms with van der Waals surface area (Å²) in [6.07, 6.45) is 1.95. The average Bonchev–Trinajstić information content (AvgIpc) is 2.53. The van der Waals surface area contributed by atoms with Gasteiger partial charge in [-0.3, -0.25) is 5.84 Å². The molecule has 0 aromatic heterocycles. The van der Waals surface area contributed by atoms with Gasteiger partial charge in [0.25, 0.3) is 0 Å². The maximum atomic E-state index is 11.0. The summed E-state index contributed by atoms with van der Waals surface area (Å²) in [5.74, 6) is 4.46. The van der Waals surface area contributed by atoms with Gasteiger partial charge >= 0.3 is 5.97 Å². The fourth-order valence-corrected chi connectivity index (χ4v) is 4.19. The molecule has 6 N–H and O–H groups in total.